The highest BCUT2D eigenvalue weighted by atomic mass is 16.6. The second kappa shape index (κ2) is 30.2. The van der Waals surface area contributed by atoms with Gasteiger partial charge in [0.05, 0.1) is 13.2 Å². The van der Waals surface area contributed by atoms with Crippen LogP contribution in [-0.2, 0) is 38.2 Å². The molecule has 9 N–H and O–H groups in total. The molecule has 0 spiro atoms. The van der Waals surface area contributed by atoms with Crippen molar-refractivity contribution in [3.63, 3.8) is 0 Å². The van der Waals surface area contributed by atoms with Gasteiger partial charge < -0.3 is 56.5 Å². The smallest absolute Gasteiger partial charge is 0.249 e. The first-order chi connectivity index (χ1) is 26.7. The number of aliphatic hydroxyl groups excluding tert-OH is 3. The number of nitrogens with one attached hydrogen (secondary N) is 4. The van der Waals surface area contributed by atoms with Crippen LogP contribution in [0.3, 0.4) is 0 Å². The van der Waals surface area contributed by atoms with Gasteiger partial charge in [0, 0.05) is 26.0 Å². The van der Waals surface area contributed by atoms with E-state index in [9.17, 15) is 39.3 Å². The number of rotatable bonds is 32. The van der Waals surface area contributed by atoms with Crippen LogP contribution in [0.5, 0.6) is 0 Å². The third-order valence-corrected chi connectivity index (χ3v) is 9.96. The molecule has 0 aromatic heterocycles. The highest BCUT2D eigenvalue weighted by Gasteiger charge is 2.47. The van der Waals surface area contributed by atoms with E-state index in [1.165, 1.54) is 111 Å². The Morgan fingerprint density at radius 2 is 1.30 bits per heavy atom. The van der Waals surface area contributed by atoms with Gasteiger partial charge in [-0.05, 0) is 33.6 Å². The molecule has 56 heavy (non-hydrogen) atoms. The maximum absolute atomic E-state index is 12.9. The van der Waals surface area contributed by atoms with Gasteiger partial charge >= 0.3 is 0 Å². The molecule has 0 aliphatic carbocycles. The normalized spacial score (nSPS) is 21.7. The highest BCUT2D eigenvalue weighted by molar-refractivity contribution is 5.92. The lowest BCUT2D eigenvalue weighted by atomic mass is 9.96. The first-order valence-electron chi connectivity index (χ1n) is 21.0. The minimum atomic E-state index is -1.65. The fourth-order valence-corrected chi connectivity index (χ4v) is 6.59. The van der Waals surface area contributed by atoms with Gasteiger partial charge in [0.2, 0.25) is 29.5 Å². The van der Waals surface area contributed by atoms with Gasteiger partial charge in [-0.15, -0.1) is 0 Å². The summed E-state index contributed by atoms with van der Waals surface area (Å²) >= 11 is 0. The molecule has 1 saturated heterocycles. The zero-order valence-electron chi connectivity index (χ0n) is 34.7. The summed E-state index contributed by atoms with van der Waals surface area (Å²) in [5.41, 5.74) is 5.49. The molecule has 9 atom stereocenters. The number of hydrogen-bond donors (Lipinski definition) is 8. The Morgan fingerprint density at radius 3 is 1.80 bits per heavy atom. The molecule has 0 aromatic rings. The molecule has 0 aromatic carbocycles. The number of primary amides is 1. The fraction of sp³-hybridized carbons (Fsp3) is 0.875. The van der Waals surface area contributed by atoms with Crippen LogP contribution < -0.4 is 27.0 Å². The quantitative estimate of drug-likeness (QED) is 0.0459. The monoisotopic (exact) mass is 802 g/mol. The summed E-state index contributed by atoms with van der Waals surface area (Å²) in [7, 11) is 0. The second-order valence-corrected chi connectivity index (χ2v) is 15.3. The van der Waals surface area contributed by atoms with E-state index in [4.69, 9.17) is 19.9 Å². The average molecular weight is 802 g/mol. The largest absolute Gasteiger partial charge is 0.394 e. The summed E-state index contributed by atoms with van der Waals surface area (Å²) < 4.78 is 16.5. The molecular weight excluding hydrogens is 726 g/mol. The van der Waals surface area contributed by atoms with Crippen LogP contribution in [0.25, 0.3) is 0 Å². The van der Waals surface area contributed by atoms with Crippen molar-refractivity contribution in [2.75, 3.05) is 19.8 Å². The van der Waals surface area contributed by atoms with E-state index in [1.54, 1.807) is 0 Å². The van der Waals surface area contributed by atoms with Crippen LogP contribution >= 0.6 is 0 Å². The predicted octanol–water partition coefficient (Wildman–Crippen LogP) is 2.37. The van der Waals surface area contributed by atoms with Gasteiger partial charge in [-0.1, -0.05) is 103 Å². The minimum absolute atomic E-state index is 0.0691. The van der Waals surface area contributed by atoms with Crippen LogP contribution in [0.4, 0.5) is 0 Å². The van der Waals surface area contributed by atoms with Crippen LogP contribution in [0.15, 0.2) is 0 Å². The van der Waals surface area contributed by atoms with Crippen molar-refractivity contribution in [3.8, 4) is 0 Å². The highest BCUT2D eigenvalue weighted by Crippen LogP contribution is 2.24. The molecule has 1 aliphatic rings. The summed E-state index contributed by atoms with van der Waals surface area (Å²) in [6, 6.07) is -3.87. The van der Waals surface area contributed by atoms with Crippen molar-refractivity contribution >= 4 is 29.5 Å². The Bertz CT molecular complexity index is 1130. The van der Waals surface area contributed by atoms with E-state index in [0.717, 1.165) is 12.8 Å². The predicted molar refractivity (Wildman–Crippen MR) is 212 cm³/mol. The number of aliphatic hydroxyl groups is 3. The van der Waals surface area contributed by atoms with Crippen molar-refractivity contribution in [3.05, 3.63) is 0 Å². The van der Waals surface area contributed by atoms with Gasteiger partial charge in [0.1, 0.15) is 42.5 Å². The molecule has 1 heterocycles. The van der Waals surface area contributed by atoms with Crippen molar-refractivity contribution < 1.29 is 53.5 Å². The molecule has 1 rings (SSSR count). The summed E-state index contributed by atoms with van der Waals surface area (Å²) in [6.45, 7) is 8.25. The standard InChI is InChI=1S/C40H75N5O11/c1-6-7-8-9-10-11-12-13-14-15-16-17-18-19-20-21-24-54-26-27(2)42-33(48)23-22-31(37(41)50)45-38(51)28(3)43-39(52)29(4)55-36-34(44-30(5)47)40(53)56-32(25-46)35(36)49/h27-29,31-32,34-36,40,46,49,53H,6-26H2,1-5H3,(H2,41,50)(H,42,48)(H,43,52)(H,44,47)(H,45,51)/t27-,28-,29+,31+,32+,34+,35+,36+,40?/m0/s1. The van der Waals surface area contributed by atoms with Gasteiger partial charge in [0.25, 0.3) is 0 Å². The Kier molecular flexibility index (Phi) is 27.6. The Balaban J connectivity index is 2.29. The number of amides is 5. The van der Waals surface area contributed by atoms with Gasteiger partial charge in [-0.25, -0.2) is 0 Å². The molecule has 0 saturated carbocycles. The van der Waals surface area contributed by atoms with Crippen molar-refractivity contribution in [1.29, 1.82) is 0 Å². The first-order valence-corrected chi connectivity index (χ1v) is 21.0. The third-order valence-electron chi connectivity index (χ3n) is 9.96. The third kappa shape index (κ3) is 22.2. The van der Waals surface area contributed by atoms with E-state index in [2.05, 4.69) is 28.2 Å². The molecule has 1 fully saturated rings. The lowest BCUT2D eigenvalue weighted by Crippen LogP contribution is -2.65. The zero-order valence-corrected chi connectivity index (χ0v) is 34.7. The SMILES string of the molecule is CCCCCCCCCCCCCCCCCCOC[C@H](C)NC(=O)CC[C@@H](NC(=O)[C@H](C)NC(=O)[C@@H](C)O[C@H]1[C@H](O)[C@@H](CO)OC(O)[C@@H]1NC(C)=O)C(N)=O. The number of hydrogen-bond acceptors (Lipinski definition) is 11. The number of nitrogens with two attached hydrogens (primary N) is 1. The number of carbonyl (C=O) groups is 5. The van der Waals surface area contributed by atoms with E-state index in [1.807, 2.05) is 6.92 Å². The molecular formula is C40H75N5O11. The molecule has 1 unspecified atom stereocenters. The molecule has 0 bridgehead atoms. The lowest BCUT2D eigenvalue weighted by Gasteiger charge is -2.43. The molecule has 16 heteroatoms. The van der Waals surface area contributed by atoms with E-state index < -0.39 is 79.1 Å². The first kappa shape index (κ1) is 51.1. The average Bonchev–Trinajstić information content (AvgIpc) is 3.14. The van der Waals surface area contributed by atoms with Gasteiger partial charge in [0.15, 0.2) is 6.29 Å². The van der Waals surface area contributed by atoms with E-state index >= 15 is 0 Å². The summed E-state index contributed by atoms with van der Waals surface area (Å²) in [5.74, 6) is -3.29. The summed E-state index contributed by atoms with van der Waals surface area (Å²) in [6.07, 6.45) is 13.6. The Labute approximate surface area is 334 Å². The Morgan fingerprint density at radius 1 is 0.768 bits per heavy atom. The summed E-state index contributed by atoms with van der Waals surface area (Å²) in [4.78, 5) is 62.1. The number of carbonyl (C=O) groups excluding carboxylic acids is 5. The number of ether oxygens (including phenoxy) is 3. The molecule has 326 valence electrons. The lowest BCUT2D eigenvalue weighted by molar-refractivity contribution is -0.266. The maximum atomic E-state index is 12.9. The van der Waals surface area contributed by atoms with Crippen LogP contribution in [-0.4, -0.2) is 120 Å². The second-order valence-electron chi connectivity index (χ2n) is 15.3. The van der Waals surface area contributed by atoms with Crippen LogP contribution in [0.1, 0.15) is 150 Å². The van der Waals surface area contributed by atoms with Crippen LogP contribution in [0, 0.1) is 0 Å². The van der Waals surface area contributed by atoms with Crippen molar-refractivity contribution in [1.82, 2.24) is 21.3 Å². The van der Waals surface area contributed by atoms with Gasteiger partial charge in [-0.3, -0.25) is 24.0 Å². The topological polar surface area (TPSA) is 248 Å². The van der Waals surface area contributed by atoms with Crippen molar-refractivity contribution in [2.45, 2.75) is 205 Å². The molecule has 16 nitrogen and oxygen atoms in total. The van der Waals surface area contributed by atoms with Crippen molar-refractivity contribution in [2.24, 2.45) is 5.73 Å². The molecule has 1 aliphatic heterocycles. The Hall–Kier alpha value is -2.89. The van der Waals surface area contributed by atoms with E-state index in [0.29, 0.717) is 13.2 Å². The maximum Gasteiger partial charge on any atom is 0.249 e. The molecule has 0 radical (unpaired) electrons. The summed E-state index contributed by atoms with van der Waals surface area (Å²) in [5, 5.41) is 40.5. The van der Waals surface area contributed by atoms with Crippen LogP contribution in [0.2, 0.25) is 0 Å². The number of unbranched alkanes of at least 4 members (excludes halogenated alkanes) is 15. The minimum Gasteiger partial charge on any atom is -0.394 e. The fourth-order valence-electron chi connectivity index (χ4n) is 6.59. The zero-order chi connectivity index (χ0) is 41.9. The molecule has 5 amide bonds. The van der Waals surface area contributed by atoms with Gasteiger partial charge in [-0.2, -0.15) is 0 Å². The van der Waals surface area contributed by atoms with E-state index in [-0.39, 0.29) is 24.8 Å².